The zero-order chi connectivity index (χ0) is 22.4. The van der Waals surface area contributed by atoms with Gasteiger partial charge in [-0.05, 0) is 66.2 Å². The number of aromatic nitrogens is 5. The van der Waals surface area contributed by atoms with Crippen molar-refractivity contribution in [2.45, 2.75) is 25.4 Å². The van der Waals surface area contributed by atoms with Crippen molar-refractivity contribution in [1.82, 2.24) is 30.1 Å². The highest BCUT2D eigenvalue weighted by molar-refractivity contribution is 5.83. The van der Waals surface area contributed by atoms with Gasteiger partial charge in [0.1, 0.15) is 11.9 Å². The molecule has 1 N–H and O–H groups in total. The summed E-state index contributed by atoms with van der Waals surface area (Å²) in [4.78, 5) is 18.5. The van der Waals surface area contributed by atoms with Crippen LogP contribution in [0.3, 0.4) is 0 Å². The van der Waals surface area contributed by atoms with E-state index in [1.807, 2.05) is 12.1 Å². The van der Waals surface area contributed by atoms with E-state index >= 15 is 0 Å². The van der Waals surface area contributed by atoms with Crippen molar-refractivity contribution in [3.8, 4) is 11.5 Å². The Morgan fingerprint density at radius 2 is 1.82 bits per heavy atom. The van der Waals surface area contributed by atoms with Gasteiger partial charge in [0, 0.05) is 17.0 Å². The molecule has 4 heterocycles. The van der Waals surface area contributed by atoms with Crippen LogP contribution < -0.4 is 15.0 Å². The van der Waals surface area contributed by atoms with Gasteiger partial charge in [0.25, 0.3) is 5.56 Å². The van der Waals surface area contributed by atoms with Gasteiger partial charge in [-0.25, -0.2) is 9.07 Å². The molecule has 2 aliphatic rings. The smallest absolute Gasteiger partial charge is 0.253 e. The van der Waals surface area contributed by atoms with Gasteiger partial charge in [-0.15, -0.1) is 5.10 Å². The van der Waals surface area contributed by atoms with Crippen LogP contribution in [-0.4, -0.2) is 50.0 Å². The number of H-pyrrole nitrogens is 1. The predicted molar refractivity (Wildman–Crippen MR) is 117 cm³/mol. The molecule has 2 aromatic heterocycles. The number of halogens is 1. The van der Waals surface area contributed by atoms with Gasteiger partial charge >= 0.3 is 0 Å². The second kappa shape index (κ2) is 7.96. The molecule has 4 aromatic rings. The lowest BCUT2D eigenvalue weighted by atomic mass is 10.0. The van der Waals surface area contributed by atoms with Crippen LogP contribution in [-0.2, 0) is 6.54 Å². The Balaban J connectivity index is 1.45. The van der Waals surface area contributed by atoms with Crippen LogP contribution in [0.5, 0.6) is 11.5 Å². The maximum absolute atomic E-state index is 13.3. The molecule has 10 heteroatoms. The highest BCUT2D eigenvalue weighted by Crippen LogP contribution is 2.36. The molecule has 9 nitrogen and oxygen atoms in total. The molecule has 1 saturated heterocycles. The monoisotopic (exact) mass is 448 g/mol. The normalized spacial score (nSPS) is 16.5. The molecule has 2 aliphatic heterocycles. The fourth-order valence-corrected chi connectivity index (χ4v) is 4.60. The minimum Gasteiger partial charge on any atom is -0.454 e. The second-order valence-corrected chi connectivity index (χ2v) is 8.31. The number of likely N-dealkylation sites (tertiary alicyclic amines) is 1. The van der Waals surface area contributed by atoms with Crippen molar-refractivity contribution in [2.75, 3.05) is 19.9 Å². The first-order valence-corrected chi connectivity index (χ1v) is 10.9. The number of hydrogen-bond donors (Lipinski definition) is 1. The average Bonchev–Trinajstić information content (AvgIpc) is 3.58. The summed E-state index contributed by atoms with van der Waals surface area (Å²) in [6.07, 6.45) is 2.08. The summed E-state index contributed by atoms with van der Waals surface area (Å²) in [6.45, 7) is 2.22. The van der Waals surface area contributed by atoms with Gasteiger partial charge in [-0.3, -0.25) is 9.69 Å². The summed E-state index contributed by atoms with van der Waals surface area (Å²) in [7, 11) is 0. The van der Waals surface area contributed by atoms with E-state index in [2.05, 4.69) is 25.4 Å². The molecule has 1 atom stereocenters. The number of nitrogens with one attached hydrogen (secondary N) is 1. The number of ether oxygens (including phenoxy) is 2. The Morgan fingerprint density at radius 1 is 1.06 bits per heavy atom. The molecule has 33 heavy (non-hydrogen) atoms. The standard InChI is InChI=1S/C23H21FN6O3/c24-16-5-3-14(4-6-16)12-30-22(26-27-28-30)21(29-7-1-2-8-29)17-9-15-10-19-20(33-13-32-19)11-18(15)25-23(17)31/h3-6,9-11,21H,1-2,7-8,12-13H2,(H,25,31)/t21-/m1/s1. The highest BCUT2D eigenvalue weighted by atomic mass is 19.1. The second-order valence-electron chi connectivity index (χ2n) is 8.31. The first kappa shape index (κ1) is 19.9. The van der Waals surface area contributed by atoms with Gasteiger partial charge in [0.2, 0.25) is 6.79 Å². The van der Waals surface area contributed by atoms with Crippen LogP contribution >= 0.6 is 0 Å². The minimum atomic E-state index is -0.415. The Hall–Kier alpha value is -3.79. The van der Waals surface area contributed by atoms with Crippen molar-refractivity contribution in [3.63, 3.8) is 0 Å². The molecule has 6 rings (SSSR count). The molecule has 0 spiro atoms. The van der Waals surface area contributed by atoms with E-state index in [0.717, 1.165) is 36.9 Å². The fraction of sp³-hybridized carbons (Fsp3) is 0.304. The molecule has 2 aromatic carbocycles. The number of benzene rings is 2. The number of nitrogens with zero attached hydrogens (tertiary/aromatic N) is 5. The molecule has 1 fully saturated rings. The molecular formula is C23H21FN6O3. The van der Waals surface area contributed by atoms with E-state index in [1.54, 1.807) is 22.9 Å². The van der Waals surface area contributed by atoms with E-state index < -0.39 is 6.04 Å². The molecule has 0 radical (unpaired) electrons. The molecule has 168 valence electrons. The lowest BCUT2D eigenvalue weighted by molar-refractivity contribution is 0.174. The van der Waals surface area contributed by atoms with Gasteiger partial charge in [0.15, 0.2) is 17.3 Å². The largest absolute Gasteiger partial charge is 0.454 e. The summed E-state index contributed by atoms with van der Waals surface area (Å²) in [5, 5.41) is 13.2. The van der Waals surface area contributed by atoms with Crippen molar-refractivity contribution >= 4 is 10.9 Å². The third-order valence-electron chi connectivity index (χ3n) is 6.22. The number of pyridine rings is 1. The van der Waals surface area contributed by atoms with Crippen LogP contribution in [0.2, 0.25) is 0 Å². The first-order chi connectivity index (χ1) is 16.2. The predicted octanol–water partition coefficient (Wildman–Crippen LogP) is 2.62. The van der Waals surface area contributed by atoms with Crippen molar-refractivity contribution < 1.29 is 13.9 Å². The quantitative estimate of drug-likeness (QED) is 0.501. The maximum atomic E-state index is 13.3. The Morgan fingerprint density at radius 3 is 2.61 bits per heavy atom. The lowest BCUT2D eigenvalue weighted by Gasteiger charge is -2.26. The molecule has 0 aliphatic carbocycles. The Labute approximate surface area is 187 Å². The Bertz CT molecular complexity index is 1380. The fourth-order valence-electron chi connectivity index (χ4n) is 4.60. The third kappa shape index (κ3) is 3.62. The number of hydrogen-bond acceptors (Lipinski definition) is 7. The third-order valence-corrected chi connectivity index (χ3v) is 6.22. The molecule has 0 bridgehead atoms. The minimum absolute atomic E-state index is 0.164. The molecule has 0 unspecified atom stereocenters. The zero-order valence-corrected chi connectivity index (χ0v) is 17.7. The zero-order valence-electron chi connectivity index (χ0n) is 17.7. The van der Waals surface area contributed by atoms with E-state index in [-0.39, 0.29) is 18.2 Å². The van der Waals surface area contributed by atoms with E-state index in [9.17, 15) is 9.18 Å². The molecule has 0 saturated carbocycles. The van der Waals surface area contributed by atoms with Gasteiger partial charge in [0.05, 0.1) is 12.1 Å². The van der Waals surface area contributed by atoms with E-state index in [4.69, 9.17) is 9.47 Å². The summed E-state index contributed by atoms with van der Waals surface area (Å²) >= 11 is 0. The highest BCUT2D eigenvalue weighted by Gasteiger charge is 2.32. The van der Waals surface area contributed by atoms with Crippen LogP contribution in [0.15, 0.2) is 47.3 Å². The van der Waals surface area contributed by atoms with Gasteiger partial charge in [-0.2, -0.15) is 0 Å². The summed E-state index contributed by atoms with van der Waals surface area (Å²) in [5.41, 5.74) is 1.91. The number of aromatic amines is 1. The SMILES string of the molecule is O=c1[nH]c2cc3c(cc2cc1[C@H](c1nnnn1Cc1ccc(F)cc1)N1CCCC1)OCO3. The first-order valence-electron chi connectivity index (χ1n) is 10.9. The van der Waals surface area contributed by atoms with Crippen LogP contribution in [0, 0.1) is 5.82 Å². The van der Waals surface area contributed by atoms with Crippen molar-refractivity contribution in [1.29, 1.82) is 0 Å². The van der Waals surface area contributed by atoms with E-state index in [1.165, 1.54) is 12.1 Å². The van der Waals surface area contributed by atoms with Crippen LogP contribution in [0.4, 0.5) is 4.39 Å². The summed E-state index contributed by atoms with van der Waals surface area (Å²) < 4.78 is 26.0. The maximum Gasteiger partial charge on any atom is 0.253 e. The van der Waals surface area contributed by atoms with Crippen molar-refractivity contribution in [3.05, 3.63) is 75.6 Å². The topological polar surface area (TPSA) is 98.2 Å². The summed E-state index contributed by atoms with van der Waals surface area (Å²) in [6, 6.07) is 11.4. The van der Waals surface area contributed by atoms with Gasteiger partial charge in [-0.1, -0.05) is 12.1 Å². The van der Waals surface area contributed by atoms with Gasteiger partial charge < -0.3 is 14.5 Å². The molecule has 0 amide bonds. The molecular weight excluding hydrogens is 427 g/mol. The van der Waals surface area contributed by atoms with Crippen LogP contribution in [0.1, 0.15) is 35.8 Å². The van der Waals surface area contributed by atoms with Crippen molar-refractivity contribution in [2.24, 2.45) is 0 Å². The van der Waals surface area contributed by atoms with Crippen LogP contribution in [0.25, 0.3) is 10.9 Å². The van der Waals surface area contributed by atoms with E-state index in [0.29, 0.717) is 34.9 Å². The lowest BCUT2D eigenvalue weighted by Crippen LogP contribution is -2.33. The number of rotatable bonds is 5. The number of fused-ring (bicyclic) bond motifs is 2. The average molecular weight is 448 g/mol. The summed E-state index contributed by atoms with van der Waals surface area (Å²) in [5.74, 6) is 1.55. The number of tetrazole rings is 1. The Kier molecular flexibility index (Phi) is 4.79.